The van der Waals surface area contributed by atoms with Crippen molar-refractivity contribution in [3.63, 3.8) is 0 Å². The molecule has 1 heterocycles. The second-order valence-corrected chi connectivity index (χ2v) is 6.02. The molecule has 0 aliphatic rings. The fourth-order valence-electron chi connectivity index (χ4n) is 2.03. The SMILES string of the molecule is O=c1c(Br)cc([N+](=O)[O-])cn1CC(CBr)c1ccccc1. The fraction of sp³-hybridized carbons (Fsp3) is 0.214. The number of hydrogen-bond acceptors (Lipinski definition) is 3. The van der Waals surface area contributed by atoms with Gasteiger partial charge in [0.1, 0.15) is 0 Å². The molecule has 21 heavy (non-hydrogen) atoms. The van der Waals surface area contributed by atoms with Gasteiger partial charge in [-0.05, 0) is 21.5 Å². The van der Waals surface area contributed by atoms with E-state index in [1.165, 1.54) is 16.8 Å². The van der Waals surface area contributed by atoms with E-state index in [1.807, 2.05) is 30.3 Å². The molecule has 1 aromatic carbocycles. The van der Waals surface area contributed by atoms with Crippen molar-refractivity contribution in [1.29, 1.82) is 0 Å². The first-order valence-electron chi connectivity index (χ1n) is 6.18. The van der Waals surface area contributed by atoms with Crippen LogP contribution < -0.4 is 5.56 Å². The molecule has 2 aromatic rings. The van der Waals surface area contributed by atoms with Crippen molar-refractivity contribution >= 4 is 37.5 Å². The summed E-state index contributed by atoms with van der Waals surface area (Å²) < 4.78 is 1.57. The highest BCUT2D eigenvalue weighted by molar-refractivity contribution is 9.10. The van der Waals surface area contributed by atoms with Gasteiger partial charge in [-0.2, -0.15) is 0 Å². The molecule has 0 aliphatic heterocycles. The maximum atomic E-state index is 12.1. The minimum Gasteiger partial charge on any atom is -0.307 e. The molecule has 0 fully saturated rings. The van der Waals surface area contributed by atoms with Crippen LogP contribution in [0, 0.1) is 10.1 Å². The van der Waals surface area contributed by atoms with Gasteiger partial charge in [0.05, 0.1) is 15.6 Å². The number of alkyl halides is 1. The van der Waals surface area contributed by atoms with Crippen LogP contribution in [-0.4, -0.2) is 14.8 Å². The van der Waals surface area contributed by atoms with Crippen molar-refractivity contribution in [3.8, 4) is 0 Å². The summed E-state index contributed by atoms with van der Waals surface area (Å²) >= 11 is 6.52. The highest BCUT2D eigenvalue weighted by Crippen LogP contribution is 2.21. The summed E-state index contributed by atoms with van der Waals surface area (Å²) in [5.74, 6) is 0.0535. The largest absolute Gasteiger partial charge is 0.307 e. The van der Waals surface area contributed by atoms with Crippen molar-refractivity contribution < 1.29 is 4.92 Å². The van der Waals surface area contributed by atoms with E-state index in [0.29, 0.717) is 11.9 Å². The zero-order valence-electron chi connectivity index (χ0n) is 10.9. The first-order chi connectivity index (χ1) is 10.0. The molecule has 1 atom stereocenters. The topological polar surface area (TPSA) is 65.1 Å². The quantitative estimate of drug-likeness (QED) is 0.424. The number of benzene rings is 1. The average molecular weight is 416 g/mol. The van der Waals surface area contributed by atoms with Crippen LogP contribution in [0.4, 0.5) is 5.69 Å². The Kier molecular flexibility index (Phi) is 5.30. The van der Waals surface area contributed by atoms with Gasteiger partial charge in [-0.25, -0.2) is 0 Å². The van der Waals surface area contributed by atoms with Crippen LogP contribution in [0.3, 0.4) is 0 Å². The summed E-state index contributed by atoms with van der Waals surface area (Å²) in [4.78, 5) is 22.5. The van der Waals surface area contributed by atoms with Crippen LogP contribution in [0.1, 0.15) is 11.5 Å². The van der Waals surface area contributed by atoms with E-state index >= 15 is 0 Å². The molecule has 0 spiro atoms. The van der Waals surface area contributed by atoms with E-state index in [-0.39, 0.29) is 21.6 Å². The number of aromatic nitrogens is 1. The monoisotopic (exact) mass is 414 g/mol. The Balaban J connectivity index is 2.38. The predicted octanol–water partition coefficient (Wildman–Crippen LogP) is 3.70. The maximum absolute atomic E-state index is 12.1. The standard InChI is InChI=1S/C14H12Br2N2O3/c15-7-11(10-4-2-1-3-5-10)8-17-9-12(18(20)21)6-13(16)14(17)19/h1-6,9,11H,7-8H2. The molecule has 0 aliphatic carbocycles. The van der Waals surface area contributed by atoms with Gasteiger partial charge in [0, 0.05) is 23.9 Å². The second kappa shape index (κ2) is 7.00. The summed E-state index contributed by atoms with van der Waals surface area (Å²) in [6.45, 7) is 0.369. The number of halogens is 2. The molecule has 1 aromatic heterocycles. The van der Waals surface area contributed by atoms with Crippen LogP contribution in [0.25, 0.3) is 0 Å². The zero-order valence-corrected chi connectivity index (χ0v) is 14.1. The molecule has 110 valence electrons. The van der Waals surface area contributed by atoms with Gasteiger partial charge in [-0.15, -0.1) is 0 Å². The highest BCUT2D eigenvalue weighted by atomic mass is 79.9. The number of rotatable bonds is 5. The lowest BCUT2D eigenvalue weighted by Crippen LogP contribution is -2.24. The lowest BCUT2D eigenvalue weighted by atomic mass is 10.0. The van der Waals surface area contributed by atoms with Crippen molar-refractivity contribution in [1.82, 2.24) is 4.57 Å². The van der Waals surface area contributed by atoms with Gasteiger partial charge in [0.15, 0.2) is 0 Å². The predicted molar refractivity (Wildman–Crippen MR) is 88.0 cm³/mol. The normalized spacial score (nSPS) is 12.1. The van der Waals surface area contributed by atoms with E-state index in [0.717, 1.165) is 5.56 Å². The first-order valence-corrected chi connectivity index (χ1v) is 8.09. The summed E-state index contributed by atoms with van der Waals surface area (Å²) in [6, 6.07) is 11.0. The molecule has 0 amide bonds. The smallest absolute Gasteiger partial charge is 0.286 e. The van der Waals surface area contributed by atoms with Gasteiger partial charge in [-0.3, -0.25) is 14.9 Å². The molecule has 0 radical (unpaired) electrons. The van der Waals surface area contributed by atoms with E-state index in [9.17, 15) is 14.9 Å². The van der Waals surface area contributed by atoms with Gasteiger partial charge >= 0.3 is 0 Å². The van der Waals surface area contributed by atoms with Crippen molar-refractivity contribution in [2.24, 2.45) is 0 Å². The number of nitro groups is 1. The first kappa shape index (κ1) is 15.9. The second-order valence-electron chi connectivity index (χ2n) is 4.52. The molecule has 0 N–H and O–H groups in total. The summed E-state index contributed by atoms with van der Waals surface area (Å²) in [7, 11) is 0. The molecule has 0 saturated carbocycles. The van der Waals surface area contributed by atoms with E-state index in [1.54, 1.807) is 0 Å². The molecule has 0 saturated heterocycles. The highest BCUT2D eigenvalue weighted by Gasteiger charge is 2.16. The average Bonchev–Trinajstić information content (AvgIpc) is 2.49. The van der Waals surface area contributed by atoms with Crippen LogP contribution in [0.2, 0.25) is 0 Å². The lowest BCUT2D eigenvalue weighted by Gasteiger charge is -2.16. The number of hydrogen-bond donors (Lipinski definition) is 0. The Hall–Kier alpha value is -1.47. The van der Waals surface area contributed by atoms with Gasteiger partial charge in [0.25, 0.3) is 11.2 Å². The van der Waals surface area contributed by atoms with Crippen molar-refractivity contribution in [3.05, 3.63) is 73.1 Å². The minimum atomic E-state index is -0.508. The zero-order chi connectivity index (χ0) is 15.4. The molecule has 5 nitrogen and oxygen atoms in total. The summed E-state index contributed by atoms with van der Waals surface area (Å²) in [6.07, 6.45) is 1.28. The Morgan fingerprint density at radius 3 is 2.52 bits per heavy atom. The fourth-order valence-corrected chi connectivity index (χ4v) is 3.07. The van der Waals surface area contributed by atoms with Gasteiger partial charge < -0.3 is 4.57 Å². The Morgan fingerprint density at radius 1 is 1.29 bits per heavy atom. The lowest BCUT2D eigenvalue weighted by molar-refractivity contribution is -0.385. The summed E-state index contributed by atoms with van der Waals surface area (Å²) in [5, 5.41) is 11.6. The van der Waals surface area contributed by atoms with Crippen molar-refractivity contribution in [2.75, 3.05) is 5.33 Å². The Bertz CT molecular complexity index is 701. The third-order valence-corrected chi connectivity index (χ3v) is 4.46. The number of nitrogens with zero attached hydrogens (tertiary/aromatic N) is 2. The van der Waals surface area contributed by atoms with Crippen LogP contribution in [0.5, 0.6) is 0 Å². The van der Waals surface area contributed by atoms with Crippen LogP contribution >= 0.6 is 31.9 Å². The number of pyridine rings is 1. The molecular formula is C14H12Br2N2O3. The van der Waals surface area contributed by atoms with E-state index in [2.05, 4.69) is 31.9 Å². The third kappa shape index (κ3) is 3.79. The molecule has 7 heteroatoms. The van der Waals surface area contributed by atoms with E-state index < -0.39 is 4.92 Å². The minimum absolute atomic E-state index is 0.0535. The molecule has 2 rings (SSSR count). The molecule has 1 unspecified atom stereocenters. The van der Waals surface area contributed by atoms with Crippen LogP contribution in [0.15, 0.2) is 51.9 Å². The van der Waals surface area contributed by atoms with Gasteiger partial charge in [-0.1, -0.05) is 46.3 Å². The maximum Gasteiger partial charge on any atom is 0.286 e. The summed E-state index contributed by atoms with van der Waals surface area (Å²) in [5.41, 5.74) is 0.689. The Morgan fingerprint density at radius 2 is 1.95 bits per heavy atom. The Labute approximate surface area is 138 Å². The van der Waals surface area contributed by atoms with Crippen molar-refractivity contribution in [2.45, 2.75) is 12.5 Å². The van der Waals surface area contributed by atoms with E-state index in [4.69, 9.17) is 0 Å². The van der Waals surface area contributed by atoms with Gasteiger partial charge in [0.2, 0.25) is 0 Å². The van der Waals surface area contributed by atoms with Crippen LogP contribution in [-0.2, 0) is 6.54 Å². The molecule has 0 bridgehead atoms. The third-order valence-electron chi connectivity index (χ3n) is 3.11. The molecular weight excluding hydrogens is 404 g/mol.